The molecule has 7 rings (SSSR count). The molecule has 1 atom stereocenters. The molecular weight excluding hydrogens is 607 g/mol. The number of aliphatic hydroxyl groups is 1. The topological polar surface area (TPSA) is 79.6 Å². The molecular formula is C41H41N5OSi. The Morgan fingerprint density at radius 3 is 1.77 bits per heavy atom. The predicted octanol–water partition coefficient (Wildman–Crippen LogP) is 8.10. The van der Waals surface area contributed by atoms with Gasteiger partial charge in [0, 0.05) is 17.1 Å². The molecule has 2 aromatic heterocycles. The van der Waals surface area contributed by atoms with Crippen molar-refractivity contribution in [1.82, 2.24) is 25.0 Å². The molecule has 0 fully saturated rings. The normalized spacial score (nSPS) is 13.6. The Bertz CT molecular complexity index is 2070. The monoisotopic (exact) mass is 647 g/mol. The second-order valence-corrected chi connectivity index (χ2v) is 19.0. The van der Waals surface area contributed by atoms with Crippen molar-refractivity contribution >= 4 is 24.2 Å². The van der Waals surface area contributed by atoms with Gasteiger partial charge in [-0.3, -0.25) is 5.10 Å². The zero-order valence-corrected chi connectivity index (χ0v) is 29.1. The third-order valence-electron chi connectivity index (χ3n) is 9.62. The first kappa shape index (κ1) is 31.5. The first-order valence-electron chi connectivity index (χ1n) is 16.5. The Morgan fingerprint density at radius 1 is 0.688 bits per heavy atom. The largest absolute Gasteiger partial charge is 0.378 e. The Hall–Kier alpha value is -5.11. The highest BCUT2D eigenvalue weighted by Crippen LogP contribution is 2.43. The summed E-state index contributed by atoms with van der Waals surface area (Å²) in [7, 11) is -1.66. The number of H-pyrrole nitrogens is 1. The molecule has 0 amide bonds. The van der Waals surface area contributed by atoms with Gasteiger partial charge in [-0.15, -0.1) is 5.10 Å². The SMILES string of the molecule is CC(C)C(O)(c1ccc2cc(-c3nn[nH]c3[Si](C)(C)C)ccc2c1)c1cn(C(c2ccccc2)(c2ccccc2)c2ccccc2)cn1. The second-order valence-electron chi connectivity index (χ2n) is 14.0. The fourth-order valence-electron chi connectivity index (χ4n) is 7.05. The molecule has 7 aromatic rings. The molecule has 5 aromatic carbocycles. The van der Waals surface area contributed by atoms with Crippen molar-refractivity contribution in [2.24, 2.45) is 5.92 Å². The summed E-state index contributed by atoms with van der Waals surface area (Å²) in [5.74, 6) is -0.161. The minimum Gasteiger partial charge on any atom is -0.378 e. The minimum atomic E-state index is -1.66. The van der Waals surface area contributed by atoms with Crippen LogP contribution in [0.5, 0.6) is 0 Å². The van der Waals surface area contributed by atoms with Gasteiger partial charge in [0.15, 0.2) is 0 Å². The van der Waals surface area contributed by atoms with Crippen LogP contribution in [0.2, 0.25) is 19.6 Å². The second kappa shape index (κ2) is 12.2. The first-order valence-corrected chi connectivity index (χ1v) is 20.0. The van der Waals surface area contributed by atoms with Crippen LogP contribution in [-0.4, -0.2) is 38.1 Å². The Kier molecular flexibility index (Phi) is 7.98. The molecule has 1 unspecified atom stereocenters. The Balaban J connectivity index is 1.36. The summed E-state index contributed by atoms with van der Waals surface area (Å²) in [6.07, 6.45) is 3.90. The van der Waals surface area contributed by atoms with Crippen LogP contribution in [-0.2, 0) is 11.1 Å². The molecule has 7 heteroatoms. The number of fused-ring (bicyclic) bond motifs is 1. The minimum absolute atomic E-state index is 0.161. The fraction of sp³-hybridized carbons (Fsp3) is 0.195. The number of nitrogens with one attached hydrogen (secondary N) is 1. The Morgan fingerprint density at radius 2 is 1.23 bits per heavy atom. The van der Waals surface area contributed by atoms with E-state index in [2.05, 4.69) is 143 Å². The number of imidazole rings is 1. The molecule has 0 saturated heterocycles. The van der Waals surface area contributed by atoms with Crippen molar-refractivity contribution in [1.29, 1.82) is 0 Å². The van der Waals surface area contributed by atoms with E-state index in [1.54, 1.807) is 0 Å². The summed E-state index contributed by atoms with van der Waals surface area (Å²) in [6, 6.07) is 44.2. The molecule has 0 bridgehead atoms. The Labute approximate surface area is 283 Å². The highest BCUT2D eigenvalue weighted by atomic mass is 28.3. The van der Waals surface area contributed by atoms with Crippen LogP contribution in [0.1, 0.15) is 41.8 Å². The highest BCUT2D eigenvalue weighted by molar-refractivity contribution is 6.89. The number of benzene rings is 5. The van der Waals surface area contributed by atoms with Crippen LogP contribution in [0.4, 0.5) is 0 Å². The lowest BCUT2D eigenvalue weighted by molar-refractivity contribution is 0.0279. The van der Waals surface area contributed by atoms with Crippen LogP contribution in [0.25, 0.3) is 22.0 Å². The molecule has 0 saturated carbocycles. The van der Waals surface area contributed by atoms with Crippen molar-refractivity contribution in [2.45, 2.75) is 44.6 Å². The molecule has 0 radical (unpaired) electrons. The van der Waals surface area contributed by atoms with Crippen molar-refractivity contribution in [2.75, 3.05) is 0 Å². The van der Waals surface area contributed by atoms with Crippen molar-refractivity contribution in [3.05, 3.63) is 168 Å². The summed E-state index contributed by atoms with van der Waals surface area (Å²) in [4.78, 5) is 4.99. The van der Waals surface area contributed by atoms with Crippen molar-refractivity contribution in [3.63, 3.8) is 0 Å². The molecule has 0 spiro atoms. The molecule has 2 N–H and O–H groups in total. The third-order valence-corrected chi connectivity index (χ3v) is 11.5. The van der Waals surface area contributed by atoms with E-state index < -0.39 is 19.2 Å². The van der Waals surface area contributed by atoms with E-state index in [0.717, 1.165) is 49.6 Å². The quantitative estimate of drug-likeness (QED) is 0.123. The van der Waals surface area contributed by atoms with Gasteiger partial charge < -0.3 is 9.67 Å². The summed E-state index contributed by atoms with van der Waals surface area (Å²) < 4.78 is 2.16. The van der Waals surface area contributed by atoms with Gasteiger partial charge in [-0.05, 0) is 51.1 Å². The number of rotatable bonds is 9. The molecule has 2 heterocycles. The number of hydrogen-bond acceptors (Lipinski definition) is 4. The standard InChI is InChI=1S/C41H41N5OSi/c1-29(2)41(47,36-24-23-30-25-32(22-21-31(30)26-36)38-39(44-45-43-38)48(3,4)5)37-27-46(28-42-37)40(33-15-9-6-10-16-33,34-17-11-7-12-18-34)35-19-13-8-14-20-35/h6-29,47H,1-5H3,(H,43,44,45). The maximum Gasteiger partial charge on any atom is 0.135 e. The molecule has 48 heavy (non-hydrogen) atoms. The highest BCUT2D eigenvalue weighted by Gasteiger charge is 2.42. The summed E-state index contributed by atoms with van der Waals surface area (Å²) in [6.45, 7) is 11.0. The van der Waals surface area contributed by atoms with E-state index in [4.69, 9.17) is 4.98 Å². The van der Waals surface area contributed by atoms with Gasteiger partial charge in [-0.25, -0.2) is 4.98 Å². The predicted molar refractivity (Wildman–Crippen MR) is 197 cm³/mol. The number of aromatic nitrogens is 5. The van der Waals surface area contributed by atoms with Gasteiger partial charge in [0.2, 0.25) is 0 Å². The lowest BCUT2D eigenvalue weighted by Crippen LogP contribution is -2.40. The van der Waals surface area contributed by atoms with Gasteiger partial charge in [0.1, 0.15) is 24.9 Å². The van der Waals surface area contributed by atoms with Crippen LogP contribution >= 0.6 is 0 Å². The molecule has 6 nitrogen and oxygen atoms in total. The molecule has 0 aliphatic heterocycles. The van der Waals surface area contributed by atoms with Gasteiger partial charge in [-0.1, -0.05) is 154 Å². The summed E-state index contributed by atoms with van der Waals surface area (Å²) >= 11 is 0. The van der Waals surface area contributed by atoms with E-state index in [1.165, 1.54) is 0 Å². The average molecular weight is 648 g/mol. The van der Waals surface area contributed by atoms with Crippen LogP contribution in [0.15, 0.2) is 140 Å². The van der Waals surface area contributed by atoms with E-state index in [9.17, 15) is 5.11 Å². The van der Waals surface area contributed by atoms with Crippen molar-refractivity contribution < 1.29 is 5.11 Å². The lowest BCUT2D eigenvalue weighted by Gasteiger charge is -2.37. The zero-order valence-electron chi connectivity index (χ0n) is 28.1. The third kappa shape index (κ3) is 5.20. The van der Waals surface area contributed by atoms with E-state index >= 15 is 0 Å². The van der Waals surface area contributed by atoms with Gasteiger partial charge in [0.25, 0.3) is 0 Å². The zero-order chi connectivity index (χ0) is 33.5. The maximum absolute atomic E-state index is 12.7. The van der Waals surface area contributed by atoms with E-state index in [0.29, 0.717) is 5.69 Å². The molecule has 0 aliphatic rings. The van der Waals surface area contributed by atoms with E-state index in [-0.39, 0.29) is 5.92 Å². The lowest BCUT2D eigenvalue weighted by atomic mass is 9.76. The molecule has 240 valence electrons. The van der Waals surface area contributed by atoms with E-state index in [1.807, 2.05) is 50.6 Å². The van der Waals surface area contributed by atoms with Gasteiger partial charge in [-0.2, -0.15) is 0 Å². The summed E-state index contributed by atoms with van der Waals surface area (Å²) in [5.41, 5.74) is 4.61. The maximum atomic E-state index is 12.7. The van der Waals surface area contributed by atoms with Crippen LogP contribution < -0.4 is 5.32 Å². The fourth-order valence-corrected chi connectivity index (χ4v) is 8.34. The number of hydrogen-bond donors (Lipinski definition) is 2. The summed E-state index contributed by atoms with van der Waals surface area (Å²) in [5, 5.41) is 27.7. The van der Waals surface area contributed by atoms with Crippen molar-refractivity contribution in [3.8, 4) is 11.3 Å². The molecule has 0 aliphatic carbocycles. The van der Waals surface area contributed by atoms with Gasteiger partial charge in [0.05, 0.1) is 12.0 Å². The van der Waals surface area contributed by atoms with Crippen LogP contribution in [0, 0.1) is 5.92 Å². The number of aromatic amines is 1. The van der Waals surface area contributed by atoms with Crippen LogP contribution in [0.3, 0.4) is 0 Å². The van der Waals surface area contributed by atoms with Gasteiger partial charge >= 0.3 is 0 Å². The first-order chi connectivity index (χ1) is 23.1. The number of nitrogens with zero attached hydrogens (tertiary/aromatic N) is 4. The average Bonchev–Trinajstić information content (AvgIpc) is 3.81. The smallest absolute Gasteiger partial charge is 0.135 e.